The van der Waals surface area contributed by atoms with Crippen molar-refractivity contribution in [2.75, 3.05) is 0 Å². The van der Waals surface area contributed by atoms with Crippen molar-refractivity contribution in [3.05, 3.63) is 29.8 Å². The molecule has 0 unspecified atom stereocenters. The smallest absolute Gasteiger partial charge is 0.351 e. The first-order valence-electron chi connectivity index (χ1n) is 4.24. The number of hydrogen-bond donors (Lipinski definition) is 0. The van der Waals surface area contributed by atoms with Crippen molar-refractivity contribution in [2.45, 2.75) is 25.3 Å². The molecule has 0 aliphatic carbocycles. The van der Waals surface area contributed by atoms with Gasteiger partial charge in [0.15, 0.2) is 0 Å². The second kappa shape index (κ2) is 4.13. The van der Waals surface area contributed by atoms with Gasteiger partial charge in [-0.05, 0) is 37.6 Å². The molecule has 78 valence electrons. The molecule has 0 aliphatic heterocycles. The van der Waals surface area contributed by atoms with E-state index in [9.17, 15) is 8.78 Å². The average molecular weight is 221 g/mol. The van der Waals surface area contributed by atoms with Crippen LogP contribution in [0.3, 0.4) is 0 Å². The fourth-order valence-electron chi connectivity index (χ4n) is 1.06. The summed E-state index contributed by atoms with van der Waals surface area (Å²) in [4.78, 5) is 0. The Morgan fingerprint density at radius 2 is 1.86 bits per heavy atom. The Bertz CT molecular complexity index is 307. The summed E-state index contributed by atoms with van der Waals surface area (Å²) in [5, 5.41) is -3.38. The third kappa shape index (κ3) is 2.84. The molecule has 0 aliphatic rings. The Hall–Kier alpha value is -0.830. The minimum Gasteiger partial charge on any atom is -0.490 e. The molecular formula is C10H11ClF2O. The Morgan fingerprint density at radius 1 is 1.29 bits per heavy atom. The molecular weight excluding hydrogens is 210 g/mol. The van der Waals surface area contributed by atoms with E-state index in [0.717, 1.165) is 0 Å². The Labute approximate surface area is 86.6 Å². The summed E-state index contributed by atoms with van der Waals surface area (Å²) in [6.07, 6.45) is -0.157. The molecule has 0 saturated heterocycles. The summed E-state index contributed by atoms with van der Waals surface area (Å²) in [6, 6.07) is 5.86. The lowest BCUT2D eigenvalue weighted by molar-refractivity contribution is 0.0887. The summed E-state index contributed by atoms with van der Waals surface area (Å²) in [5.41, 5.74) is -0.296. The van der Waals surface area contributed by atoms with Gasteiger partial charge in [0.2, 0.25) is 0 Å². The van der Waals surface area contributed by atoms with E-state index in [0.29, 0.717) is 0 Å². The predicted octanol–water partition coefficient (Wildman–Crippen LogP) is 3.76. The molecule has 0 atom stereocenters. The SMILES string of the molecule is CC(C)Oc1ccccc1C(F)(F)Cl. The maximum Gasteiger partial charge on any atom is 0.351 e. The number of ether oxygens (including phenoxy) is 1. The van der Waals surface area contributed by atoms with E-state index in [1.165, 1.54) is 18.2 Å². The van der Waals surface area contributed by atoms with Crippen molar-refractivity contribution in [1.29, 1.82) is 0 Å². The molecule has 0 heterocycles. The molecule has 14 heavy (non-hydrogen) atoms. The average Bonchev–Trinajstić information content (AvgIpc) is 2.01. The number of para-hydroxylation sites is 1. The van der Waals surface area contributed by atoms with Gasteiger partial charge in [-0.1, -0.05) is 12.1 Å². The zero-order valence-electron chi connectivity index (χ0n) is 7.93. The molecule has 0 aromatic heterocycles. The van der Waals surface area contributed by atoms with Crippen LogP contribution < -0.4 is 4.74 Å². The normalized spacial score (nSPS) is 11.9. The standard InChI is InChI=1S/C10H11ClF2O/c1-7(2)14-9-6-4-3-5-8(9)10(11,12)13/h3-7H,1-2H3. The van der Waals surface area contributed by atoms with Crippen molar-refractivity contribution < 1.29 is 13.5 Å². The van der Waals surface area contributed by atoms with Gasteiger partial charge in [-0.2, -0.15) is 8.78 Å². The van der Waals surface area contributed by atoms with Gasteiger partial charge in [0.25, 0.3) is 0 Å². The molecule has 0 N–H and O–H groups in total. The number of alkyl halides is 3. The van der Waals surface area contributed by atoms with E-state index in [1.54, 1.807) is 19.9 Å². The van der Waals surface area contributed by atoms with E-state index in [1.807, 2.05) is 0 Å². The fourth-order valence-corrected chi connectivity index (χ4v) is 1.21. The van der Waals surface area contributed by atoms with Crippen LogP contribution in [0.5, 0.6) is 5.75 Å². The molecule has 0 fully saturated rings. The van der Waals surface area contributed by atoms with Crippen LogP contribution in [-0.2, 0) is 5.38 Å². The highest BCUT2D eigenvalue weighted by atomic mass is 35.5. The van der Waals surface area contributed by atoms with Gasteiger partial charge in [-0.3, -0.25) is 0 Å². The highest BCUT2D eigenvalue weighted by Gasteiger charge is 2.31. The van der Waals surface area contributed by atoms with E-state index < -0.39 is 5.38 Å². The van der Waals surface area contributed by atoms with Gasteiger partial charge in [0.1, 0.15) is 5.75 Å². The predicted molar refractivity (Wildman–Crippen MR) is 52.0 cm³/mol. The first-order chi connectivity index (χ1) is 6.41. The maximum atomic E-state index is 12.9. The van der Waals surface area contributed by atoms with E-state index in [4.69, 9.17) is 16.3 Å². The van der Waals surface area contributed by atoms with Crippen molar-refractivity contribution in [1.82, 2.24) is 0 Å². The molecule has 1 aromatic rings. The minimum absolute atomic E-state index is 0.127. The second-order valence-electron chi connectivity index (χ2n) is 3.16. The van der Waals surface area contributed by atoms with Gasteiger partial charge >= 0.3 is 5.38 Å². The molecule has 0 bridgehead atoms. The van der Waals surface area contributed by atoms with Crippen LogP contribution in [0.25, 0.3) is 0 Å². The largest absolute Gasteiger partial charge is 0.490 e. The number of rotatable bonds is 3. The number of benzene rings is 1. The Morgan fingerprint density at radius 3 is 2.36 bits per heavy atom. The summed E-state index contributed by atoms with van der Waals surface area (Å²) >= 11 is 4.93. The Balaban J connectivity index is 3.04. The molecule has 0 radical (unpaired) electrons. The van der Waals surface area contributed by atoms with Gasteiger partial charge in [-0.15, -0.1) is 0 Å². The quantitative estimate of drug-likeness (QED) is 0.705. The lowest BCUT2D eigenvalue weighted by atomic mass is 10.2. The molecule has 1 rings (SSSR count). The lowest BCUT2D eigenvalue weighted by Gasteiger charge is -2.16. The van der Waals surface area contributed by atoms with Crippen LogP contribution in [0.4, 0.5) is 8.78 Å². The van der Waals surface area contributed by atoms with E-state index >= 15 is 0 Å². The highest BCUT2D eigenvalue weighted by molar-refractivity contribution is 6.22. The molecule has 4 heteroatoms. The second-order valence-corrected chi connectivity index (χ2v) is 3.64. The fraction of sp³-hybridized carbons (Fsp3) is 0.400. The van der Waals surface area contributed by atoms with Gasteiger partial charge in [0, 0.05) is 0 Å². The van der Waals surface area contributed by atoms with Crippen molar-refractivity contribution in [3.8, 4) is 5.75 Å². The van der Waals surface area contributed by atoms with Crippen LogP contribution in [0.15, 0.2) is 24.3 Å². The molecule has 1 aromatic carbocycles. The summed E-state index contributed by atoms with van der Waals surface area (Å²) in [7, 11) is 0. The first-order valence-corrected chi connectivity index (χ1v) is 4.62. The summed E-state index contributed by atoms with van der Waals surface area (Å²) in [5.74, 6) is 0.127. The molecule has 0 saturated carbocycles. The Kier molecular flexibility index (Phi) is 3.32. The van der Waals surface area contributed by atoms with Crippen LogP contribution in [-0.4, -0.2) is 6.10 Å². The van der Waals surface area contributed by atoms with E-state index in [-0.39, 0.29) is 17.4 Å². The van der Waals surface area contributed by atoms with Gasteiger partial charge < -0.3 is 4.74 Å². The van der Waals surface area contributed by atoms with Crippen LogP contribution >= 0.6 is 11.6 Å². The van der Waals surface area contributed by atoms with Crippen LogP contribution in [0, 0.1) is 0 Å². The third-order valence-electron chi connectivity index (χ3n) is 1.56. The molecule has 0 amide bonds. The van der Waals surface area contributed by atoms with Crippen molar-refractivity contribution in [3.63, 3.8) is 0 Å². The highest BCUT2D eigenvalue weighted by Crippen LogP contribution is 2.38. The first kappa shape index (κ1) is 11.2. The summed E-state index contributed by atoms with van der Waals surface area (Å²) < 4.78 is 30.9. The zero-order valence-corrected chi connectivity index (χ0v) is 8.68. The monoisotopic (exact) mass is 220 g/mol. The lowest BCUT2D eigenvalue weighted by Crippen LogP contribution is -2.11. The van der Waals surface area contributed by atoms with E-state index in [2.05, 4.69) is 0 Å². The number of halogens is 3. The number of hydrogen-bond acceptors (Lipinski definition) is 1. The molecule has 0 spiro atoms. The minimum atomic E-state index is -3.38. The van der Waals surface area contributed by atoms with Crippen LogP contribution in [0.1, 0.15) is 19.4 Å². The summed E-state index contributed by atoms with van der Waals surface area (Å²) in [6.45, 7) is 3.53. The van der Waals surface area contributed by atoms with Crippen molar-refractivity contribution >= 4 is 11.6 Å². The van der Waals surface area contributed by atoms with Crippen LogP contribution in [0.2, 0.25) is 0 Å². The van der Waals surface area contributed by atoms with Gasteiger partial charge in [-0.25, -0.2) is 0 Å². The third-order valence-corrected chi connectivity index (χ3v) is 1.76. The van der Waals surface area contributed by atoms with Gasteiger partial charge in [0.05, 0.1) is 11.7 Å². The zero-order chi connectivity index (χ0) is 10.8. The van der Waals surface area contributed by atoms with Crippen molar-refractivity contribution in [2.24, 2.45) is 0 Å². The molecule has 1 nitrogen and oxygen atoms in total. The topological polar surface area (TPSA) is 9.23 Å². The maximum absolute atomic E-state index is 12.9.